The van der Waals surface area contributed by atoms with Crippen LogP contribution < -0.4 is 0 Å². The fourth-order valence-corrected chi connectivity index (χ4v) is 1.95. The summed E-state index contributed by atoms with van der Waals surface area (Å²) in [5, 5.41) is 9.94. The average molecular weight is 224 g/mol. The molecule has 5 nitrogen and oxygen atoms in total. The molecule has 2 rings (SSSR count). The van der Waals surface area contributed by atoms with Crippen molar-refractivity contribution in [2.45, 2.75) is 25.4 Å². The molecule has 1 spiro atoms. The van der Waals surface area contributed by atoms with Crippen LogP contribution in [0.4, 0.5) is 0 Å². The van der Waals surface area contributed by atoms with Crippen LogP contribution in [0.2, 0.25) is 0 Å². The van der Waals surface area contributed by atoms with E-state index in [9.17, 15) is 14.7 Å². The summed E-state index contributed by atoms with van der Waals surface area (Å²) in [6, 6.07) is 0. The summed E-state index contributed by atoms with van der Waals surface area (Å²) < 4.78 is 10.3. The van der Waals surface area contributed by atoms with Gasteiger partial charge in [-0.1, -0.05) is 13.5 Å². The van der Waals surface area contributed by atoms with Crippen molar-refractivity contribution in [2.24, 2.45) is 5.92 Å². The standard InChI is InChI=1S/C11H12O5/c1-6-7(2)11(16-10(6,3)14)8(5-12)4-9(13)15-11/h4-6,14H,2H2,1,3H3. The fourth-order valence-electron chi connectivity index (χ4n) is 1.95. The molecule has 0 aromatic rings. The second-order valence-corrected chi connectivity index (χ2v) is 4.16. The molecule has 0 saturated carbocycles. The average Bonchev–Trinajstić information content (AvgIpc) is 2.59. The highest BCUT2D eigenvalue weighted by Crippen LogP contribution is 2.50. The van der Waals surface area contributed by atoms with Gasteiger partial charge in [0.15, 0.2) is 12.1 Å². The first kappa shape index (κ1) is 11.0. The Labute approximate surface area is 92.3 Å². The zero-order chi connectivity index (χ0) is 12.1. The van der Waals surface area contributed by atoms with E-state index in [2.05, 4.69) is 6.58 Å². The van der Waals surface area contributed by atoms with Crippen LogP contribution in [-0.2, 0) is 19.1 Å². The second-order valence-electron chi connectivity index (χ2n) is 4.16. The van der Waals surface area contributed by atoms with E-state index in [4.69, 9.17) is 9.47 Å². The van der Waals surface area contributed by atoms with E-state index < -0.39 is 23.5 Å². The molecule has 0 aromatic carbocycles. The zero-order valence-corrected chi connectivity index (χ0v) is 9.02. The molecule has 2 heterocycles. The number of ether oxygens (including phenoxy) is 2. The van der Waals surface area contributed by atoms with Gasteiger partial charge in [0, 0.05) is 17.6 Å². The van der Waals surface area contributed by atoms with Crippen molar-refractivity contribution >= 4 is 12.3 Å². The normalized spacial score (nSPS) is 42.4. The molecular weight excluding hydrogens is 212 g/mol. The van der Waals surface area contributed by atoms with Crippen LogP contribution in [0.25, 0.3) is 0 Å². The number of aliphatic hydroxyl groups is 1. The van der Waals surface area contributed by atoms with Crippen molar-refractivity contribution in [1.29, 1.82) is 0 Å². The van der Waals surface area contributed by atoms with Crippen LogP contribution in [0.3, 0.4) is 0 Å². The topological polar surface area (TPSA) is 72.8 Å². The van der Waals surface area contributed by atoms with Crippen molar-refractivity contribution in [1.82, 2.24) is 0 Å². The van der Waals surface area contributed by atoms with E-state index in [1.54, 1.807) is 6.92 Å². The number of aldehydes is 1. The highest BCUT2D eigenvalue weighted by atomic mass is 16.8. The molecule has 2 aliphatic heterocycles. The number of esters is 1. The molecular formula is C11H12O5. The molecule has 5 heteroatoms. The van der Waals surface area contributed by atoms with E-state index in [0.717, 1.165) is 6.08 Å². The maximum atomic E-state index is 11.2. The Kier molecular flexibility index (Phi) is 2.09. The van der Waals surface area contributed by atoms with Gasteiger partial charge in [-0.2, -0.15) is 0 Å². The smallest absolute Gasteiger partial charge is 0.334 e. The molecule has 1 fully saturated rings. The summed E-state index contributed by atoms with van der Waals surface area (Å²) in [6.45, 7) is 6.86. The quantitative estimate of drug-likeness (QED) is 0.394. The largest absolute Gasteiger partial charge is 0.421 e. The van der Waals surface area contributed by atoms with Crippen molar-refractivity contribution in [3.8, 4) is 0 Å². The van der Waals surface area contributed by atoms with Gasteiger partial charge in [-0.15, -0.1) is 0 Å². The zero-order valence-electron chi connectivity index (χ0n) is 9.02. The number of rotatable bonds is 1. The number of hydrogen-bond acceptors (Lipinski definition) is 5. The third-order valence-electron chi connectivity index (χ3n) is 3.12. The Balaban J connectivity index is 2.50. The Morgan fingerprint density at radius 1 is 1.62 bits per heavy atom. The monoisotopic (exact) mass is 224 g/mol. The lowest BCUT2D eigenvalue weighted by Crippen LogP contribution is -2.37. The Morgan fingerprint density at radius 3 is 2.69 bits per heavy atom. The molecule has 3 unspecified atom stereocenters. The van der Waals surface area contributed by atoms with Crippen molar-refractivity contribution in [2.75, 3.05) is 0 Å². The molecule has 2 aliphatic rings. The summed E-state index contributed by atoms with van der Waals surface area (Å²) in [5.74, 6) is -4.24. The number of carbonyl (C=O) groups excluding carboxylic acids is 2. The van der Waals surface area contributed by atoms with E-state index in [0.29, 0.717) is 11.9 Å². The molecule has 86 valence electrons. The van der Waals surface area contributed by atoms with Crippen LogP contribution in [0, 0.1) is 5.92 Å². The Morgan fingerprint density at radius 2 is 2.25 bits per heavy atom. The third-order valence-corrected chi connectivity index (χ3v) is 3.12. The lowest BCUT2D eigenvalue weighted by molar-refractivity contribution is -0.268. The fraction of sp³-hybridized carbons (Fsp3) is 0.455. The van der Waals surface area contributed by atoms with Crippen LogP contribution >= 0.6 is 0 Å². The predicted octanol–water partition coefficient (Wildman–Crippen LogP) is 0.296. The van der Waals surface area contributed by atoms with E-state index >= 15 is 0 Å². The Bertz CT molecular complexity index is 420. The summed E-state index contributed by atoms with van der Waals surface area (Å²) in [7, 11) is 0. The van der Waals surface area contributed by atoms with Gasteiger partial charge in [-0.25, -0.2) is 4.79 Å². The van der Waals surface area contributed by atoms with Gasteiger partial charge < -0.3 is 14.6 Å². The minimum Gasteiger partial charge on any atom is -0.421 e. The van der Waals surface area contributed by atoms with Crippen molar-refractivity contribution in [3.63, 3.8) is 0 Å². The molecule has 0 bridgehead atoms. The first-order chi connectivity index (χ1) is 7.33. The maximum Gasteiger partial charge on any atom is 0.334 e. The molecule has 3 atom stereocenters. The molecule has 16 heavy (non-hydrogen) atoms. The second kappa shape index (κ2) is 3.02. The third kappa shape index (κ3) is 1.19. The molecule has 0 radical (unpaired) electrons. The minimum atomic E-state index is -1.61. The van der Waals surface area contributed by atoms with Gasteiger partial charge in [0.1, 0.15) is 0 Å². The first-order valence-corrected chi connectivity index (χ1v) is 4.85. The minimum absolute atomic E-state index is 0.0344. The van der Waals surface area contributed by atoms with Crippen LogP contribution in [0.5, 0.6) is 0 Å². The molecule has 0 amide bonds. The molecule has 1 N–H and O–H groups in total. The lowest BCUT2D eigenvalue weighted by Gasteiger charge is -2.26. The summed E-state index contributed by atoms with van der Waals surface area (Å²) in [5.41, 5.74) is 0.397. The molecule has 1 saturated heterocycles. The lowest BCUT2D eigenvalue weighted by atomic mass is 9.90. The number of carbonyl (C=O) groups is 2. The van der Waals surface area contributed by atoms with E-state index in [1.807, 2.05) is 0 Å². The Hall–Kier alpha value is -1.46. The van der Waals surface area contributed by atoms with Crippen molar-refractivity contribution in [3.05, 3.63) is 23.8 Å². The predicted molar refractivity (Wildman–Crippen MR) is 53.0 cm³/mol. The number of hydrogen-bond donors (Lipinski definition) is 1. The van der Waals surface area contributed by atoms with E-state index in [-0.39, 0.29) is 5.57 Å². The van der Waals surface area contributed by atoms with Crippen LogP contribution in [0.15, 0.2) is 23.8 Å². The summed E-state index contributed by atoms with van der Waals surface area (Å²) >= 11 is 0. The van der Waals surface area contributed by atoms with Gasteiger partial charge in [0.2, 0.25) is 0 Å². The van der Waals surface area contributed by atoms with Crippen molar-refractivity contribution < 1.29 is 24.2 Å². The molecule has 0 aliphatic carbocycles. The van der Waals surface area contributed by atoms with Gasteiger partial charge >= 0.3 is 5.97 Å². The van der Waals surface area contributed by atoms with Gasteiger partial charge in [0.05, 0.1) is 5.57 Å². The van der Waals surface area contributed by atoms with Crippen LogP contribution in [-0.4, -0.2) is 28.9 Å². The molecule has 0 aromatic heterocycles. The highest BCUT2D eigenvalue weighted by molar-refractivity contribution is 5.96. The van der Waals surface area contributed by atoms with Gasteiger partial charge in [0.25, 0.3) is 5.79 Å². The highest BCUT2D eigenvalue weighted by Gasteiger charge is 2.60. The van der Waals surface area contributed by atoms with Gasteiger partial charge in [-0.3, -0.25) is 4.79 Å². The van der Waals surface area contributed by atoms with E-state index in [1.165, 1.54) is 6.92 Å². The van der Waals surface area contributed by atoms with Crippen LogP contribution in [0.1, 0.15) is 13.8 Å². The summed E-state index contributed by atoms with van der Waals surface area (Å²) in [4.78, 5) is 22.1. The van der Waals surface area contributed by atoms with Gasteiger partial charge in [-0.05, 0) is 6.92 Å². The maximum absolute atomic E-state index is 11.2. The first-order valence-electron chi connectivity index (χ1n) is 4.85. The summed E-state index contributed by atoms with van der Waals surface area (Å²) in [6.07, 6.45) is 1.52. The SMILES string of the molecule is C=C1C(C)C(C)(O)OC12OC(=O)C=C2C=O.